The number of hydrogen-bond donors (Lipinski definition) is 0. The number of para-hydroxylation sites is 1. The Morgan fingerprint density at radius 3 is 3.14 bits per heavy atom. The second kappa shape index (κ2) is 7.73. The van der Waals surface area contributed by atoms with Crippen LogP contribution in [0.1, 0.15) is 23.7 Å². The van der Waals surface area contributed by atoms with E-state index in [0.717, 1.165) is 44.0 Å². The predicted molar refractivity (Wildman–Crippen MR) is 102 cm³/mol. The SMILES string of the molecule is c1ccc(OCCn2ccnc2)c(CN2CC[C@@H]3OCc4cnnn4[C@H]3C2)c1. The lowest BCUT2D eigenvalue weighted by molar-refractivity contribution is -0.0670. The summed E-state index contributed by atoms with van der Waals surface area (Å²) in [5.41, 5.74) is 2.27. The van der Waals surface area contributed by atoms with Crippen molar-refractivity contribution in [2.45, 2.75) is 38.3 Å². The van der Waals surface area contributed by atoms with Gasteiger partial charge in [-0.1, -0.05) is 23.4 Å². The van der Waals surface area contributed by atoms with Crippen molar-refractivity contribution in [2.24, 2.45) is 0 Å². The maximum Gasteiger partial charge on any atom is 0.123 e. The Bertz CT molecular complexity index is 909. The molecule has 0 saturated carbocycles. The van der Waals surface area contributed by atoms with E-state index in [1.54, 1.807) is 12.4 Å². The van der Waals surface area contributed by atoms with E-state index in [1.165, 1.54) is 5.56 Å². The van der Waals surface area contributed by atoms with Gasteiger partial charge in [0, 0.05) is 37.6 Å². The molecule has 146 valence electrons. The largest absolute Gasteiger partial charge is 0.491 e. The molecule has 2 atom stereocenters. The Hall–Kier alpha value is -2.71. The smallest absolute Gasteiger partial charge is 0.123 e. The maximum absolute atomic E-state index is 6.07. The van der Waals surface area contributed by atoms with Crippen molar-refractivity contribution in [1.82, 2.24) is 29.4 Å². The highest BCUT2D eigenvalue weighted by Crippen LogP contribution is 2.31. The summed E-state index contributed by atoms with van der Waals surface area (Å²) in [4.78, 5) is 6.52. The molecule has 1 saturated heterocycles. The zero-order chi connectivity index (χ0) is 18.8. The maximum atomic E-state index is 6.07. The summed E-state index contributed by atoms with van der Waals surface area (Å²) in [6.45, 7) is 4.79. The third kappa shape index (κ3) is 3.53. The Morgan fingerprint density at radius 1 is 1.25 bits per heavy atom. The van der Waals surface area contributed by atoms with Gasteiger partial charge < -0.3 is 14.0 Å². The predicted octanol–water partition coefficient (Wildman–Crippen LogP) is 1.90. The zero-order valence-corrected chi connectivity index (χ0v) is 15.7. The summed E-state index contributed by atoms with van der Waals surface area (Å²) in [5.74, 6) is 0.950. The molecule has 0 bridgehead atoms. The molecule has 1 aromatic carbocycles. The number of rotatable bonds is 6. The van der Waals surface area contributed by atoms with Gasteiger partial charge in [0.15, 0.2) is 0 Å². The lowest BCUT2D eigenvalue weighted by Crippen LogP contribution is -2.47. The van der Waals surface area contributed by atoms with Crippen molar-refractivity contribution in [3.05, 3.63) is 60.4 Å². The van der Waals surface area contributed by atoms with E-state index in [9.17, 15) is 0 Å². The fourth-order valence-electron chi connectivity index (χ4n) is 4.08. The van der Waals surface area contributed by atoms with Crippen LogP contribution in [0, 0.1) is 0 Å². The molecule has 0 unspecified atom stereocenters. The van der Waals surface area contributed by atoms with Crippen LogP contribution in [0.3, 0.4) is 0 Å². The minimum absolute atomic E-state index is 0.229. The number of fused-ring (bicyclic) bond motifs is 3. The van der Waals surface area contributed by atoms with Gasteiger partial charge in [-0.05, 0) is 12.5 Å². The molecule has 0 aliphatic carbocycles. The minimum atomic E-state index is 0.229. The van der Waals surface area contributed by atoms with Gasteiger partial charge in [0.25, 0.3) is 0 Å². The molecule has 5 rings (SSSR count). The molecule has 4 heterocycles. The van der Waals surface area contributed by atoms with Crippen LogP contribution >= 0.6 is 0 Å². The highest BCUT2D eigenvalue weighted by molar-refractivity contribution is 5.33. The summed E-state index contributed by atoms with van der Waals surface area (Å²) >= 11 is 0. The average Bonchev–Trinajstić information content (AvgIpc) is 3.41. The number of aromatic nitrogens is 5. The first-order chi connectivity index (χ1) is 13.9. The molecule has 2 aliphatic heterocycles. The van der Waals surface area contributed by atoms with Gasteiger partial charge in [-0.25, -0.2) is 9.67 Å². The van der Waals surface area contributed by atoms with Gasteiger partial charge in [0.05, 0.1) is 43.5 Å². The van der Waals surface area contributed by atoms with Crippen LogP contribution < -0.4 is 4.74 Å². The van der Waals surface area contributed by atoms with Gasteiger partial charge in [-0.2, -0.15) is 0 Å². The van der Waals surface area contributed by atoms with Gasteiger partial charge in [-0.15, -0.1) is 5.10 Å². The van der Waals surface area contributed by atoms with E-state index in [1.807, 2.05) is 27.8 Å². The van der Waals surface area contributed by atoms with Crippen molar-refractivity contribution < 1.29 is 9.47 Å². The van der Waals surface area contributed by atoms with Crippen LogP contribution in [-0.4, -0.2) is 55.2 Å². The summed E-state index contributed by atoms with van der Waals surface area (Å²) in [5, 5.41) is 8.35. The number of imidazole rings is 1. The van der Waals surface area contributed by atoms with Crippen LogP contribution in [0.4, 0.5) is 0 Å². The lowest BCUT2D eigenvalue weighted by Gasteiger charge is -2.41. The Morgan fingerprint density at radius 2 is 2.21 bits per heavy atom. The quantitative estimate of drug-likeness (QED) is 0.651. The molecule has 1 fully saturated rings. The van der Waals surface area contributed by atoms with Crippen molar-refractivity contribution in [3.8, 4) is 5.75 Å². The van der Waals surface area contributed by atoms with Gasteiger partial charge in [0.1, 0.15) is 12.4 Å². The molecule has 3 aromatic rings. The first kappa shape index (κ1) is 17.4. The van der Waals surface area contributed by atoms with E-state index in [-0.39, 0.29) is 12.1 Å². The second-order valence-electron chi connectivity index (χ2n) is 7.37. The lowest BCUT2D eigenvalue weighted by atomic mass is 9.99. The van der Waals surface area contributed by atoms with Crippen LogP contribution in [0.2, 0.25) is 0 Å². The molecule has 28 heavy (non-hydrogen) atoms. The number of hydrogen-bond acceptors (Lipinski definition) is 6. The number of nitrogens with zero attached hydrogens (tertiary/aromatic N) is 6. The standard InChI is InChI=1S/C20H24N6O2/c1-2-4-19(27-10-9-24-8-6-21-15-24)16(3-1)12-25-7-5-20-18(13-25)26-17(14-28-20)11-22-23-26/h1-4,6,8,11,15,18,20H,5,7,9-10,12-14H2/t18-,20-/m0/s1. The van der Waals surface area contributed by atoms with Gasteiger partial charge in [0.2, 0.25) is 0 Å². The molecular formula is C20H24N6O2. The molecule has 0 radical (unpaired) electrons. The van der Waals surface area contributed by atoms with Crippen molar-refractivity contribution >= 4 is 0 Å². The van der Waals surface area contributed by atoms with E-state index in [0.29, 0.717) is 13.2 Å². The summed E-state index contributed by atoms with van der Waals surface area (Å²) < 4.78 is 16.2. The molecule has 8 heteroatoms. The first-order valence-electron chi connectivity index (χ1n) is 9.76. The van der Waals surface area contributed by atoms with E-state index >= 15 is 0 Å². The number of ether oxygens (including phenoxy) is 2. The number of benzene rings is 1. The Labute approximate surface area is 163 Å². The Kier molecular flexibility index (Phi) is 4.80. The van der Waals surface area contributed by atoms with Gasteiger partial charge >= 0.3 is 0 Å². The fraction of sp³-hybridized carbons (Fsp3) is 0.450. The molecule has 0 spiro atoms. The van der Waals surface area contributed by atoms with Crippen molar-refractivity contribution in [2.75, 3.05) is 19.7 Å². The van der Waals surface area contributed by atoms with Crippen LogP contribution in [0.5, 0.6) is 5.75 Å². The Balaban J connectivity index is 1.24. The molecule has 2 aliphatic rings. The topological polar surface area (TPSA) is 70.2 Å². The highest BCUT2D eigenvalue weighted by atomic mass is 16.5. The zero-order valence-electron chi connectivity index (χ0n) is 15.7. The normalized spacial score (nSPS) is 21.9. The molecule has 0 N–H and O–H groups in total. The summed E-state index contributed by atoms with van der Waals surface area (Å²) in [6.07, 6.45) is 8.58. The second-order valence-corrected chi connectivity index (χ2v) is 7.37. The highest BCUT2D eigenvalue weighted by Gasteiger charge is 2.36. The van der Waals surface area contributed by atoms with E-state index < -0.39 is 0 Å². The third-order valence-electron chi connectivity index (χ3n) is 5.55. The van der Waals surface area contributed by atoms with E-state index in [4.69, 9.17) is 9.47 Å². The van der Waals surface area contributed by atoms with Crippen LogP contribution in [0.25, 0.3) is 0 Å². The minimum Gasteiger partial charge on any atom is -0.491 e. The van der Waals surface area contributed by atoms with E-state index in [2.05, 4.69) is 38.4 Å². The number of piperidine rings is 1. The van der Waals surface area contributed by atoms with Crippen molar-refractivity contribution in [1.29, 1.82) is 0 Å². The van der Waals surface area contributed by atoms with Crippen molar-refractivity contribution in [3.63, 3.8) is 0 Å². The average molecular weight is 380 g/mol. The molecular weight excluding hydrogens is 356 g/mol. The fourth-order valence-corrected chi connectivity index (χ4v) is 4.08. The van der Waals surface area contributed by atoms with Gasteiger partial charge in [-0.3, -0.25) is 4.90 Å². The summed E-state index contributed by atoms with van der Waals surface area (Å²) in [7, 11) is 0. The first-order valence-corrected chi connectivity index (χ1v) is 9.76. The molecule has 8 nitrogen and oxygen atoms in total. The molecule has 0 amide bonds. The van der Waals surface area contributed by atoms with Crippen LogP contribution in [0.15, 0.2) is 49.2 Å². The van der Waals surface area contributed by atoms with Crippen LogP contribution in [-0.2, 0) is 24.4 Å². The monoisotopic (exact) mass is 380 g/mol. The summed E-state index contributed by atoms with van der Waals surface area (Å²) in [6, 6.07) is 8.53. The third-order valence-corrected chi connectivity index (χ3v) is 5.55. The molecule has 2 aromatic heterocycles. The number of likely N-dealkylation sites (tertiary alicyclic amines) is 1.